The number of H-pyrrole nitrogens is 1. The van der Waals surface area contributed by atoms with Crippen molar-refractivity contribution in [3.63, 3.8) is 0 Å². The Labute approximate surface area is 203 Å². The molecule has 3 heterocycles. The summed E-state index contributed by atoms with van der Waals surface area (Å²) in [4.78, 5) is 27.7. The molecule has 0 aliphatic carbocycles. The van der Waals surface area contributed by atoms with Crippen LogP contribution in [-0.4, -0.2) is 46.6 Å². The lowest BCUT2D eigenvalue weighted by molar-refractivity contribution is 0.0472. The van der Waals surface area contributed by atoms with E-state index >= 15 is 0 Å². The summed E-state index contributed by atoms with van der Waals surface area (Å²) in [5.41, 5.74) is 4.81. The smallest absolute Gasteiger partial charge is 0.339 e. The number of hydrogen-bond donors (Lipinski definition) is 2. The van der Waals surface area contributed by atoms with Crippen molar-refractivity contribution in [1.29, 1.82) is 0 Å². The van der Waals surface area contributed by atoms with E-state index in [0.717, 1.165) is 48.2 Å². The van der Waals surface area contributed by atoms with Crippen molar-refractivity contribution in [1.82, 2.24) is 20.4 Å². The van der Waals surface area contributed by atoms with Crippen LogP contribution in [0.1, 0.15) is 62.0 Å². The number of aromatic amines is 1. The predicted octanol–water partition coefficient (Wildman–Crippen LogP) is 4.09. The summed E-state index contributed by atoms with van der Waals surface area (Å²) in [6, 6.07) is 15.1. The van der Waals surface area contributed by atoms with Crippen molar-refractivity contribution in [3.05, 3.63) is 87.2 Å². The molecule has 1 saturated heterocycles. The number of amides is 1. The lowest BCUT2D eigenvalue weighted by atomic mass is 9.88. The maximum absolute atomic E-state index is 13.1. The average molecular weight is 479 g/mol. The molecule has 34 heavy (non-hydrogen) atoms. The number of likely N-dealkylation sites (tertiary alicyclic amines) is 1. The molecule has 1 aromatic heterocycles. The molecule has 7 nitrogen and oxygen atoms in total. The third-order valence-electron chi connectivity index (χ3n) is 6.69. The Morgan fingerprint density at radius 2 is 1.88 bits per heavy atom. The number of nitrogens with one attached hydrogen (secondary N) is 2. The fourth-order valence-corrected chi connectivity index (χ4v) is 5.13. The number of rotatable bonds is 5. The minimum absolute atomic E-state index is 0.0241. The van der Waals surface area contributed by atoms with Crippen molar-refractivity contribution < 1.29 is 14.3 Å². The Hall–Kier alpha value is -3.16. The zero-order chi connectivity index (χ0) is 23.5. The van der Waals surface area contributed by atoms with E-state index in [1.165, 1.54) is 0 Å². The van der Waals surface area contributed by atoms with Gasteiger partial charge >= 0.3 is 5.97 Å². The van der Waals surface area contributed by atoms with Gasteiger partial charge in [0.1, 0.15) is 6.61 Å². The van der Waals surface area contributed by atoms with Crippen LogP contribution < -0.4 is 5.32 Å². The fraction of sp³-hybridized carbons (Fsp3) is 0.346. The van der Waals surface area contributed by atoms with Crippen LogP contribution in [0.15, 0.2) is 48.5 Å². The summed E-state index contributed by atoms with van der Waals surface area (Å²) in [6.07, 6.45) is 2.41. The summed E-state index contributed by atoms with van der Waals surface area (Å²) >= 11 is 6.68. The van der Waals surface area contributed by atoms with Gasteiger partial charge in [-0.15, -0.1) is 0 Å². The molecule has 3 aromatic rings. The molecule has 2 aliphatic rings. The van der Waals surface area contributed by atoms with E-state index in [2.05, 4.69) is 15.5 Å². The number of halogens is 1. The largest absolute Gasteiger partial charge is 0.457 e. The van der Waals surface area contributed by atoms with Gasteiger partial charge in [0.15, 0.2) is 5.69 Å². The van der Waals surface area contributed by atoms with E-state index in [-0.39, 0.29) is 18.4 Å². The molecular formula is C26H27ClN4O3. The first-order valence-corrected chi connectivity index (χ1v) is 12.0. The summed E-state index contributed by atoms with van der Waals surface area (Å²) in [7, 11) is 0. The van der Waals surface area contributed by atoms with Crippen LogP contribution in [0.5, 0.6) is 0 Å². The summed E-state index contributed by atoms with van der Waals surface area (Å²) in [6.45, 7) is 3.02. The number of carbonyl (C=O) groups excluding carboxylic acids is 2. The fourth-order valence-electron chi connectivity index (χ4n) is 4.77. The van der Waals surface area contributed by atoms with Crippen LogP contribution in [0, 0.1) is 0 Å². The second-order valence-electron chi connectivity index (χ2n) is 8.79. The Morgan fingerprint density at radius 1 is 1.09 bits per heavy atom. The Kier molecular flexibility index (Phi) is 6.65. The standard InChI is InChI=1S/C26H27ClN4O3/c27-23-19(7-4-8-20(23)26(33)34-16-17-5-2-1-3-6-17)18-10-13-31(14-11-18)25(32)24-21-15-28-12-9-22(21)29-30-24/h1-8,18,28H,9-16H2,(H,29,30). The minimum atomic E-state index is -0.430. The molecular weight excluding hydrogens is 452 g/mol. The summed E-state index contributed by atoms with van der Waals surface area (Å²) < 4.78 is 5.48. The van der Waals surface area contributed by atoms with Crippen molar-refractivity contribution in [2.24, 2.45) is 0 Å². The van der Waals surface area contributed by atoms with Crippen molar-refractivity contribution in [2.75, 3.05) is 19.6 Å². The molecule has 0 radical (unpaired) electrons. The Bertz CT molecular complexity index is 1190. The van der Waals surface area contributed by atoms with Gasteiger partial charge in [-0.3, -0.25) is 9.89 Å². The number of benzene rings is 2. The van der Waals surface area contributed by atoms with E-state index in [1.807, 2.05) is 47.4 Å². The van der Waals surface area contributed by atoms with Crippen LogP contribution in [-0.2, 0) is 24.3 Å². The number of piperidine rings is 1. The van der Waals surface area contributed by atoms with Crippen molar-refractivity contribution in [2.45, 2.75) is 38.3 Å². The molecule has 0 bridgehead atoms. The number of esters is 1. The van der Waals surface area contributed by atoms with Gasteiger partial charge < -0.3 is 15.0 Å². The summed E-state index contributed by atoms with van der Waals surface area (Å²) in [5, 5.41) is 11.1. The highest BCUT2D eigenvalue weighted by Crippen LogP contribution is 2.35. The van der Waals surface area contributed by atoms with Crippen LogP contribution >= 0.6 is 11.6 Å². The first-order chi connectivity index (χ1) is 16.6. The van der Waals surface area contributed by atoms with E-state index in [0.29, 0.717) is 35.9 Å². The Balaban J connectivity index is 1.23. The van der Waals surface area contributed by atoms with Crippen LogP contribution in [0.25, 0.3) is 0 Å². The molecule has 0 unspecified atom stereocenters. The monoisotopic (exact) mass is 478 g/mol. The van der Waals surface area contributed by atoms with Crippen molar-refractivity contribution >= 4 is 23.5 Å². The number of carbonyl (C=O) groups is 2. The molecule has 8 heteroatoms. The highest BCUT2D eigenvalue weighted by molar-refractivity contribution is 6.34. The summed E-state index contributed by atoms with van der Waals surface area (Å²) in [5.74, 6) is -0.280. The molecule has 0 saturated carbocycles. The number of aromatic nitrogens is 2. The van der Waals surface area contributed by atoms with Crippen LogP contribution in [0.2, 0.25) is 5.02 Å². The van der Waals surface area contributed by atoms with Crippen LogP contribution in [0.4, 0.5) is 0 Å². The second kappa shape index (κ2) is 9.99. The van der Waals surface area contributed by atoms with Crippen molar-refractivity contribution in [3.8, 4) is 0 Å². The highest BCUT2D eigenvalue weighted by Gasteiger charge is 2.30. The highest BCUT2D eigenvalue weighted by atomic mass is 35.5. The van der Waals surface area contributed by atoms with Crippen LogP contribution in [0.3, 0.4) is 0 Å². The van der Waals surface area contributed by atoms with E-state index in [1.54, 1.807) is 6.07 Å². The van der Waals surface area contributed by atoms with E-state index in [9.17, 15) is 9.59 Å². The van der Waals surface area contributed by atoms with Gasteiger partial charge in [-0.25, -0.2) is 4.79 Å². The quantitative estimate of drug-likeness (QED) is 0.539. The van der Waals surface area contributed by atoms with Gasteiger partial charge in [0.25, 0.3) is 5.91 Å². The number of hydrogen-bond acceptors (Lipinski definition) is 5. The third kappa shape index (κ3) is 4.58. The topological polar surface area (TPSA) is 87.3 Å². The third-order valence-corrected chi connectivity index (χ3v) is 7.11. The van der Waals surface area contributed by atoms with E-state index < -0.39 is 5.97 Å². The zero-order valence-electron chi connectivity index (χ0n) is 18.9. The molecule has 1 amide bonds. The zero-order valence-corrected chi connectivity index (χ0v) is 19.6. The molecule has 0 atom stereocenters. The lowest BCUT2D eigenvalue weighted by Gasteiger charge is -2.32. The first kappa shape index (κ1) is 22.6. The number of ether oxygens (including phenoxy) is 1. The molecule has 1 fully saturated rings. The van der Waals surface area contributed by atoms with Gasteiger partial charge in [0.2, 0.25) is 0 Å². The first-order valence-electron chi connectivity index (χ1n) is 11.7. The molecule has 5 rings (SSSR count). The molecule has 0 spiro atoms. The molecule has 2 aromatic carbocycles. The van der Waals surface area contributed by atoms with E-state index in [4.69, 9.17) is 16.3 Å². The normalized spacial score (nSPS) is 16.2. The Morgan fingerprint density at radius 3 is 2.68 bits per heavy atom. The molecule has 176 valence electrons. The number of nitrogens with zero attached hydrogens (tertiary/aromatic N) is 2. The minimum Gasteiger partial charge on any atom is -0.457 e. The average Bonchev–Trinajstić information content (AvgIpc) is 3.32. The second-order valence-corrected chi connectivity index (χ2v) is 9.17. The maximum Gasteiger partial charge on any atom is 0.339 e. The maximum atomic E-state index is 13.1. The number of fused-ring (bicyclic) bond motifs is 1. The SMILES string of the molecule is O=C(OCc1ccccc1)c1cccc(C2CCN(C(=O)c3n[nH]c4c3CNCC4)CC2)c1Cl. The molecule has 2 aliphatic heterocycles. The predicted molar refractivity (Wildman–Crippen MR) is 129 cm³/mol. The lowest BCUT2D eigenvalue weighted by Crippen LogP contribution is -2.39. The van der Waals surface area contributed by atoms with Gasteiger partial charge in [-0.05, 0) is 36.0 Å². The molecule has 2 N–H and O–H groups in total. The van der Waals surface area contributed by atoms with Gasteiger partial charge in [-0.1, -0.05) is 54.1 Å². The van der Waals surface area contributed by atoms with Gasteiger partial charge in [0.05, 0.1) is 10.6 Å². The van der Waals surface area contributed by atoms with Gasteiger partial charge in [0, 0.05) is 43.9 Å². The van der Waals surface area contributed by atoms with Gasteiger partial charge in [-0.2, -0.15) is 5.10 Å².